The number of halogens is 1. The van der Waals surface area contributed by atoms with E-state index in [-0.39, 0.29) is 11.6 Å². The summed E-state index contributed by atoms with van der Waals surface area (Å²) in [5.41, 5.74) is 1.28. The molecule has 0 spiro atoms. The topological polar surface area (TPSA) is 64.7 Å². The maximum atomic E-state index is 12.3. The first kappa shape index (κ1) is 16.0. The van der Waals surface area contributed by atoms with E-state index in [1.165, 1.54) is 0 Å². The van der Waals surface area contributed by atoms with E-state index in [1.807, 2.05) is 53.4 Å². The van der Waals surface area contributed by atoms with Crippen LogP contribution in [0.3, 0.4) is 0 Å². The van der Waals surface area contributed by atoms with Crippen molar-refractivity contribution in [2.75, 3.05) is 6.54 Å². The summed E-state index contributed by atoms with van der Waals surface area (Å²) in [6.07, 6.45) is 5.31. The van der Waals surface area contributed by atoms with Crippen LogP contribution >= 0.6 is 11.6 Å². The van der Waals surface area contributed by atoms with Gasteiger partial charge in [0, 0.05) is 24.0 Å². The Morgan fingerprint density at radius 2 is 1.96 bits per heavy atom. The van der Waals surface area contributed by atoms with Crippen molar-refractivity contribution in [1.82, 2.24) is 24.9 Å². The van der Waals surface area contributed by atoms with Gasteiger partial charge in [-0.05, 0) is 29.8 Å². The molecule has 0 radical (unpaired) electrons. The number of carbonyl (C=O) groups excluding carboxylic acids is 1. The lowest BCUT2D eigenvalue weighted by atomic mass is 10.2. The third kappa shape index (κ3) is 3.38. The van der Waals surface area contributed by atoms with Gasteiger partial charge in [0.25, 0.3) is 5.91 Å². The van der Waals surface area contributed by atoms with Crippen LogP contribution in [0, 0.1) is 0 Å². The molecule has 7 heteroatoms. The Balaban J connectivity index is 1.97. The van der Waals surface area contributed by atoms with Gasteiger partial charge in [0.2, 0.25) is 0 Å². The van der Waals surface area contributed by atoms with Crippen molar-refractivity contribution >= 4 is 17.5 Å². The lowest BCUT2D eigenvalue weighted by molar-refractivity contribution is 0.0953. The second kappa shape index (κ2) is 7.14. The number of hydrogen-bond donors (Lipinski definition) is 1. The van der Waals surface area contributed by atoms with E-state index in [1.54, 1.807) is 10.8 Å². The van der Waals surface area contributed by atoms with Crippen LogP contribution < -0.4 is 5.32 Å². The van der Waals surface area contributed by atoms with Crippen molar-refractivity contribution in [1.29, 1.82) is 0 Å². The predicted octanol–water partition coefficient (Wildman–Crippen LogP) is 2.69. The molecule has 0 saturated heterocycles. The Labute approximate surface area is 144 Å². The van der Waals surface area contributed by atoms with Crippen molar-refractivity contribution in [3.63, 3.8) is 0 Å². The van der Waals surface area contributed by atoms with Crippen LogP contribution in [0.2, 0.25) is 5.02 Å². The molecule has 0 bridgehead atoms. The Bertz CT molecular complexity index is 837. The fraction of sp³-hybridized carbons (Fsp3) is 0.118. The van der Waals surface area contributed by atoms with Gasteiger partial charge in [-0.25, -0.2) is 4.68 Å². The highest BCUT2D eigenvalue weighted by molar-refractivity contribution is 6.30. The Morgan fingerprint density at radius 1 is 1.25 bits per heavy atom. The van der Waals surface area contributed by atoms with Crippen LogP contribution in [0.25, 0.3) is 5.82 Å². The van der Waals surface area contributed by atoms with Crippen molar-refractivity contribution in [3.05, 3.63) is 77.7 Å². The van der Waals surface area contributed by atoms with Crippen LogP contribution in [-0.2, 0) is 6.54 Å². The zero-order valence-electron chi connectivity index (χ0n) is 12.9. The average molecular weight is 342 g/mol. The molecular formula is C17H16ClN5O. The summed E-state index contributed by atoms with van der Waals surface area (Å²) in [4.78, 5) is 12.3. The highest BCUT2D eigenvalue weighted by Gasteiger charge is 2.20. The molecule has 1 aromatic carbocycles. The monoisotopic (exact) mass is 341 g/mol. The molecule has 0 unspecified atom stereocenters. The van der Waals surface area contributed by atoms with Gasteiger partial charge in [-0.3, -0.25) is 4.79 Å². The molecule has 3 rings (SSSR count). The molecule has 0 aliphatic carbocycles. The maximum absolute atomic E-state index is 12.3. The molecule has 0 fully saturated rings. The molecule has 24 heavy (non-hydrogen) atoms. The van der Waals surface area contributed by atoms with Crippen molar-refractivity contribution in [2.45, 2.75) is 6.54 Å². The van der Waals surface area contributed by atoms with E-state index in [0.29, 0.717) is 23.9 Å². The summed E-state index contributed by atoms with van der Waals surface area (Å²) < 4.78 is 3.50. The standard InChI is InChI=1S/C17H16ClN5O/c1-2-9-19-16(24)15-17(22-10-3-4-11-22)23(21-20-15)12-13-5-7-14(18)8-6-13/h2-8,10-11H,1,9,12H2,(H,19,24). The Hall–Kier alpha value is -2.86. The molecule has 1 N–H and O–H groups in total. The summed E-state index contributed by atoms with van der Waals surface area (Å²) >= 11 is 5.92. The van der Waals surface area contributed by atoms with Crippen LogP contribution in [0.4, 0.5) is 0 Å². The smallest absolute Gasteiger partial charge is 0.276 e. The normalized spacial score (nSPS) is 10.5. The van der Waals surface area contributed by atoms with Crippen molar-refractivity contribution in [3.8, 4) is 5.82 Å². The SMILES string of the molecule is C=CCNC(=O)c1nnn(Cc2ccc(Cl)cc2)c1-n1cccc1. The van der Waals surface area contributed by atoms with Gasteiger partial charge in [0.15, 0.2) is 11.5 Å². The second-order valence-electron chi connectivity index (χ2n) is 5.13. The third-order valence-corrected chi connectivity index (χ3v) is 3.68. The van der Waals surface area contributed by atoms with E-state index in [2.05, 4.69) is 22.2 Å². The largest absolute Gasteiger partial charge is 0.347 e. The molecule has 0 aliphatic rings. The summed E-state index contributed by atoms with van der Waals surface area (Å²) in [6.45, 7) is 4.44. The molecule has 1 amide bonds. The summed E-state index contributed by atoms with van der Waals surface area (Å²) in [7, 11) is 0. The van der Waals surface area contributed by atoms with Crippen LogP contribution in [0.1, 0.15) is 16.1 Å². The van der Waals surface area contributed by atoms with Crippen molar-refractivity contribution < 1.29 is 4.79 Å². The van der Waals surface area contributed by atoms with Gasteiger partial charge in [-0.1, -0.05) is 35.0 Å². The summed E-state index contributed by atoms with van der Waals surface area (Å²) in [5, 5.41) is 11.6. The number of amides is 1. The fourth-order valence-corrected chi connectivity index (χ4v) is 2.43. The van der Waals surface area contributed by atoms with E-state index in [4.69, 9.17) is 11.6 Å². The number of rotatable bonds is 6. The number of aromatic nitrogens is 4. The van der Waals surface area contributed by atoms with E-state index in [0.717, 1.165) is 5.56 Å². The molecule has 6 nitrogen and oxygen atoms in total. The molecule has 3 aromatic rings. The number of nitrogens with zero attached hydrogens (tertiary/aromatic N) is 4. The Morgan fingerprint density at radius 3 is 2.62 bits per heavy atom. The second-order valence-corrected chi connectivity index (χ2v) is 5.57. The molecule has 2 aromatic heterocycles. The molecule has 0 aliphatic heterocycles. The lowest BCUT2D eigenvalue weighted by Gasteiger charge is -2.09. The number of hydrogen-bond acceptors (Lipinski definition) is 3. The number of carbonyl (C=O) groups is 1. The van der Waals surface area contributed by atoms with Gasteiger partial charge < -0.3 is 9.88 Å². The van der Waals surface area contributed by atoms with Crippen molar-refractivity contribution in [2.24, 2.45) is 0 Å². The van der Waals surface area contributed by atoms with Crippen LogP contribution in [-0.4, -0.2) is 32.0 Å². The molecule has 0 saturated carbocycles. The summed E-state index contributed by atoms with van der Waals surface area (Å²) in [5.74, 6) is 0.317. The third-order valence-electron chi connectivity index (χ3n) is 3.43. The maximum Gasteiger partial charge on any atom is 0.276 e. The number of nitrogens with one attached hydrogen (secondary N) is 1. The lowest BCUT2D eigenvalue weighted by Crippen LogP contribution is -2.25. The fourth-order valence-electron chi connectivity index (χ4n) is 2.30. The van der Waals surface area contributed by atoms with Gasteiger partial charge in [0.1, 0.15) is 0 Å². The van der Waals surface area contributed by atoms with Gasteiger partial charge in [-0.2, -0.15) is 0 Å². The van der Waals surface area contributed by atoms with Gasteiger partial charge >= 0.3 is 0 Å². The minimum absolute atomic E-state index is 0.266. The molecule has 2 heterocycles. The highest BCUT2D eigenvalue weighted by Crippen LogP contribution is 2.16. The first-order chi connectivity index (χ1) is 11.7. The van der Waals surface area contributed by atoms with Crippen LogP contribution in [0.15, 0.2) is 61.4 Å². The Kier molecular flexibility index (Phi) is 4.77. The number of benzene rings is 1. The first-order valence-corrected chi connectivity index (χ1v) is 7.77. The zero-order chi connectivity index (χ0) is 16.9. The molecular weight excluding hydrogens is 326 g/mol. The minimum atomic E-state index is -0.291. The van der Waals surface area contributed by atoms with Crippen LogP contribution in [0.5, 0.6) is 0 Å². The summed E-state index contributed by atoms with van der Waals surface area (Å²) in [6, 6.07) is 11.2. The first-order valence-electron chi connectivity index (χ1n) is 7.39. The zero-order valence-corrected chi connectivity index (χ0v) is 13.6. The molecule has 122 valence electrons. The predicted molar refractivity (Wildman–Crippen MR) is 92.4 cm³/mol. The van der Waals surface area contributed by atoms with E-state index >= 15 is 0 Å². The highest BCUT2D eigenvalue weighted by atomic mass is 35.5. The minimum Gasteiger partial charge on any atom is -0.347 e. The van der Waals surface area contributed by atoms with E-state index in [9.17, 15) is 4.79 Å². The quantitative estimate of drug-likeness (QED) is 0.701. The van der Waals surface area contributed by atoms with Gasteiger partial charge in [0.05, 0.1) is 6.54 Å². The van der Waals surface area contributed by atoms with E-state index < -0.39 is 0 Å². The van der Waals surface area contributed by atoms with Gasteiger partial charge in [-0.15, -0.1) is 11.7 Å². The average Bonchev–Trinajstić information content (AvgIpc) is 3.24. The molecule has 0 atom stereocenters.